The van der Waals surface area contributed by atoms with Crippen LogP contribution >= 0.6 is 0 Å². The van der Waals surface area contributed by atoms with E-state index < -0.39 is 10.8 Å². The van der Waals surface area contributed by atoms with Crippen LogP contribution in [-0.4, -0.2) is 11.6 Å². The van der Waals surface area contributed by atoms with Crippen molar-refractivity contribution in [1.82, 2.24) is 0 Å². The molecular formula is C33H47NO2. The predicted octanol–water partition coefficient (Wildman–Crippen LogP) is 7.70. The van der Waals surface area contributed by atoms with Gasteiger partial charge >= 0.3 is 0 Å². The fourth-order valence-corrected chi connectivity index (χ4v) is 11.8. The Balaban J connectivity index is 1.52. The fraction of sp³-hybridized carbons (Fsp3) is 0.848. The summed E-state index contributed by atoms with van der Waals surface area (Å²) in [5.41, 5.74) is 0.178. The summed E-state index contributed by atoms with van der Waals surface area (Å²) in [7, 11) is 0. The first-order valence-electron chi connectivity index (χ1n) is 14.8. The van der Waals surface area contributed by atoms with Crippen molar-refractivity contribution in [2.75, 3.05) is 0 Å². The van der Waals surface area contributed by atoms with Crippen LogP contribution in [0.25, 0.3) is 0 Å². The van der Waals surface area contributed by atoms with Crippen molar-refractivity contribution in [3.05, 3.63) is 11.6 Å². The lowest BCUT2D eigenvalue weighted by molar-refractivity contribution is -0.178. The van der Waals surface area contributed by atoms with Gasteiger partial charge in [-0.1, -0.05) is 67.4 Å². The maximum atomic E-state index is 14.5. The van der Waals surface area contributed by atoms with E-state index in [1.165, 1.54) is 31.3 Å². The van der Waals surface area contributed by atoms with E-state index in [4.69, 9.17) is 0 Å². The predicted molar refractivity (Wildman–Crippen MR) is 142 cm³/mol. The minimum Gasteiger partial charge on any atom is -0.297 e. The van der Waals surface area contributed by atoms with Crippen LogP contribution in [0.2, 0.25) is 0 Å². The van der Waals surface area contributed by atoms with Crippen LogP contribution < -0.4 is 0 Å². The van der Waals surface area contributed by atoms with Crippen molar-refractivity contribution in [3.8, 4) is 6.07 Å². The van der Waals surface area contributed by atoms with Crippen molar-refractivity contribution >= 4 is 11.6 Å². The van der Waals surface area contributed by atoms with Crippen molar-refractivity contribution in [2.45, 2.75) is 113 Å². The number of nitriles is 1. The second-order valence-corrected chi connectivity index (χ2v) is 16.1. The molecule has 0 amide bonds. The van der Waals surface area contributed by atoms with E-state index in [1.54, 1.807) is 0 Å². The van der Waals surface area contributed by atoms with E-state index in [0.717, 1.165) is 25.7 Å². The van der Waals surface area contributed by atoms with E-state index in [-0.39, 0.29) is 39.8 Å². The molecule has 196 valence electrons. The number of allylic oxidation sites excluding steroid dienone is 2. The average molecular weight is 490 g/mol. The Bertz CT molecular complexity index is 1140. The second kappa shape index (κ2) is 6.76. The zero-order chi connectivity index (χ0) is 26.3. The molecule has 0 aliphatic heterocycles. The standard InChI is InChI=1S/C33H47NO2/c1-9-32-14-12-27(2,3)17-20(32)25-21(35)16-23-29(6,30(25,7)13-15-32)11-10-22-28(4,5)26(36)33(19-34)18-24(33)31(22,23)8/h16,20,22,24-25H,9-15,17-18H2,1-8H3/t20?,22-,24+,25?,29+,30+,31-,32+,33-/m0/s1. The molecule has 3 heteroatoms. The smallest absolute Gasteiger partial charge is 0.159 e. The highest BCUT2D eigenvalue weighted by Crippen LogP contribution is 2.81. The molecule has 0 radical (unpaired) electrons. The number of carbonyl (C=O) groups is 2. The molecule has 5 saturated carbocycles. The van der Waals surface area contributed by atoms with Gasteiger partial charge in [0, 0.05) is 11.3 Å². The quantitative estimate of drug-likeness (QED) is 0.379. The summed E-state index contributed by atoms with van der Waals surface area (Å²) >= 11 is 0. The van der Waals surface area contributed by atoms with Crippen molar-refractivity contribution < 1.29 is 9.59 Å². The molecule has 2 unspecified atom stereocenters. The summed E-state index contributed by atoms with van der Waals surface area (Å²) in [6.45, 7) is 18.7. The summed E-state index contributed by atoms with van der Waals surface area (Å²) in [4.78, 5) is 28.1. The molecule has 0 aromatic heterocycles. The lowest BCUT2D eigenvalue weighted by Gasteiger charge is -2.70. The summed E-state index contributed by atoms with van der Waals surface area (Å²) in [6.07, 6.45) is 12.1. The maximum absolute atomic E-state index is 14.5. The van der Waals surface area contributed by atoms with Gasteiger partial charge in [-0.15, -0.1) is 0 Å². The molecule has 0 heterocycles. The monoisotopic (exact) mass is 489 g/mol. The molecule has 0 spiro atoms. The minimum absolute atomic E-state index is 0.0570. The first kappa shape index (κ1) is 24.9. The van der Waals surface area contributed by atoms with Gasteiger partial charge in [0.05, 0.1) is 6.07 Å². The van der Waals surface area contributed by atoms with Gasteiger partial charge in [0.15, 0.2) is 11.6 Å². The maximum Gasteiger partial charge on any atom is 0.159 e. The van der Waals surface area contributed by atoms with Crippen molar-refractivity contribution in [2.24, 2.45) is 61.6 Å². The first-order chi connectivity index (χ1) is 16.6. The Kier molecular flexibility index (Phi) is 4.67. The third-order valence-electron chi connectivity index (χ3n) is 14.2. The van der Waals surface area contributed by atoms with Crippen LogP contribution in [0.5, 0.6) is 0 Å². The topological polar surface area (TPSA) is 57.9 Å². The highest BCUT2D eigenvalue weighted by atomic mass is 16.1. The zero-order valence-electron chi connectivity index (χ0n) is 24.0. The number of ketones is 2. The lowest BCUT2D eigenvalue weighted by Crippen LogP contribution is -2.66. The molecule has 5 fully saturated rings. The van der Waals surface area contributed by atoms with Gasteiger partial charge < -0.3 is 0 Å². The van der Waals surface area contributed by atoms with Crippen LogP contribution in [-0.2, 0) is 9.59 Å². The number of Topliss-reactive ketones (excluding diaryl/α,β-unsaturated/α-hetero) is 1. The van der Waals surface area contributed by atoms with Gasteiger partial charge in [0.1, 0.15) is 5.41 Å². The molecular weight excluding hydrogens is 442 g/mol. The minimum atomic E-state index is -0.841. The average Bonchev–Trinajstić information content (AvgIpc) is 3.56. The van der Waals surface area contributed by atoms with E-state index in [1.807, 2.05) is 0 Å². The van der Waals surface area contributed by atoms with Gasteiger partial charge in [0.25, 0.3) is 0 Å². The van der Waals surface area contributed by atoms with Gasteiger partial charge in [-0.2, -0.15) is 5.26 Å². The Labute approximate surface area is 218 Å². The Morgan fingerprint density at radius 2 is 1.58 bits per heavy atom. The lowest BCUT2D eigenvalue weighted by atomic mass is 9.33. The highest BCUT2D eigenvalue weighted by Gasteiger charge is 2.80. The third-order valence-corrected chi connectivity index (χ3v) is 14.2. The van der Waals surface area contributed by atoms with Gasteiger partial charge in [-0.05, 0) is 102 Å². The van der Waals surface area contributed by atoms with Crippen LogP contribution in [0, 0.1) is 72.9 Å². The molecule has 36 heavy (non-hydrogen) atoms. The van der Waals surface area contributed by atoms with Gasteiger partial charge in [-0.3, -0.25) is 9.59 Å². The molecule has 3 nitrogen and oxygen atoms in total. The molecule has 9 atom stereocenters. The Hall–Kier alpha value is -1.43. The van der Waals surface area contributed by atoms with Crippen LogP contribution in [0.3, 0.4) is 0 Å². The summed E-state index contributed by atoms with van der Waals surface area (Å²) in [5, 5.41) is 10.2. The molecule has 0 N–H and O–H groups in total. The Morgan fingerprint density at radius 1 is 0.917 bits per heavy atom. The van der Waals surface area contributed by atoms with Gasteiger partial charge in [-0.25, -0.2) is 0 Å². The van der Waals surface area contributed by atoms with Crippen LogP contribution in [0.1, 0.15) is 113 Å². The molecule has 0 saturated heterocycles. The molecule has 0 bridgehead atoms. The summed E-state index contributed by atoms with van der Waals surface area (Å²) in [5.74, 6) is 1.34. The van der Waals surface area contributed by atoms with Crippen LogP contribution in [0.15, 0.2) is 11.6 Å². The van der Waals surface area contributed by atoms with E-state index in [9.17, 15) is 14.9 Å². The molecule has 6 aliphatic rings. The molecule has 6 rings (SSSR count). The summed E-state index contributed by atoms with van der Waals surface area (Å²) < 4.78 is 0. The molecule has 0 aromatic rings. The Morgan fingerprint density at radius 3 is 2.22 bits per heavy atom. The fourth-order valence-electron chi connectivity index (χ4n) is 11.8. The number of fused-ring (bicyclic) bond motifs is 9. The largest absolute Gasteiger partial charge is 0.297 e. The van der Waals surface area contributed by atoms with Gasteiger partial charge in [0.2, 0.25) is 0 Å². The van der Waals surface area contributed by atoms with E-state index in [0.29, 0.717) is 29.0 Å². The second-order valence-electron chi connectivity index (χ2n) is 16.1. The van der Waals surface area contributed by atoms with Crippen LogP contribution in [0.4, 0.5) is 0 Å². The molecule has 0 aromatic carbocycles. The number of carbonyl (C=O) groups excluding carboxylic acids is 2. The SMILES string of the molecule is CC[C@]12CCC(C)(C)CC1C1C(=O)C=C3[C@@]4(C)[C@H]5C[C@@]5(C#N)C(=O)C(C)(C)[C@@H]4CC[C@@]3(C)[C@]1(C)CC2. The van der Waals surface area contributed by atoms with E-state index in [2.05, 4.69) is 67.5 Å². The van der Waals surface area contributed by atoms with Crippen molar-refractivity contribution in [1.29, 1.82) is 5.26 Å². The number of rotatable bonds is 1. The molecule has 6 aliphatic carbocycles. The number of hydrogen-bond donors (Lipinski definition) is 0. The van der Waals surface area contributed by atoms with Crippen molar-refractivity contribution in [3.63, 3.8) is 0 Å². The summed E-state index contributed by atoms with van der Waals surface area (Å²) in [6, 6.07) is 2.50. The number of hydrogen-bond acceptors (Lipinski definition) is 3. The zero-order valence-corrected chi connectivity index (χ0v) is 24.0. The highest BCUT2D eigenvalue weighted by molar-refractivity contribution is 5.99. The first-order valence-corrected chi connectivity index (χ1v) is 14.8. The normalized spacial score (nSPS) is 54.0. The third kappa shape index (κ3) is 2.52. The number of nitrogens with zero attached hydrogens (tertiary/aromatic N) is 1. The van der Waals surface area contributed by atoms with E-state index >= 15 is 0 Å².